The number of nitrogens with one attached hydrogen (secondary N) is 1. The van der Waals surface area contributed by atoms with Gasteiger partial charge in [-0.15, -0.1) is 11.3 Å². The molecule has 2 aromatic carbocycles. The van der Waals surface area contributed by atoms with Crippen molar-refractivity contribution in [1.29, 1.82) is 0 Å². The number of hydrogen-bond acceptors (Lipinski definition) is 4. The van der Waals surface area contributed by atoms with E-state index < -0.39 is 10.0 Å². The number of carbonyl (C=O) groups is 1. The normalized spacial score (nSPS) is 13.8. The number of amides is 1. The first kappa shape index (κ1) is 19.7. The Bertz CT molecular complexity index is 1100. The van der Waals surface area contributed by atoms with E-state index in [0.29, 0.717) is 17.8 Å². The lowest BCUT2D eigenvalue weighted by Crippen LogP contribution is -2.32. The molecule has 4 rings (SSSR count). The van der Waals surface area contributed by atoms with Gasteiger partial charge in [0, 0.05) is 16.5 Å². The van der Waals surface area contributed by atoms with E-state index in [4.69, 9.17) is 0 Å². The Kier molecular flexibility index (Phi) is 5.43. The summed E-state index contributed by atoms with van der Waals surface area (Å²) in [6.07, 6.45) is 2.04. The maximum atomic E-state index is 13.0. The third kappa shape index (κ3) is 4.52. The minimum atomic E-state index is -3.72. The zero-order valence-corrected chi connectivity index (χ0v) is 17.7. The van der Waals surface area contributed by atoms with Crippen LogP contribution in [-0.4, -0.2) is 25.3 Å². The Morgan fingerprint density at radius 3 is 2.41 bits per heavy atom. The molecule has 1 aromatic heterocycles. The highest BCUT2D eigenvalue weighted by atomic mass is 32.2. The molecule has 1 N–H and O–H groups in total. The molecule has 1 aliphatic carbocycles. The second-order valence-corrected chi connectivity index (χ2v) is 9.90. The summed E-state index contributed by atoms with van der Waals surface area (Å²) in [5.41, 5.74) is 1.89. The van der Waals surface area contributed by atoms with E-state index in [1.54, 1.807) is 35.6 Å². The second kappa shape index (κ2) is 8.00. The van der Waals surface area contributed by atoms with Gasteiger partial charge < -0.3 is 4.90 Å². The smallest absolute Gasteiger partial charge is 0.261 e. The van der Waals surface area contributed by atoms with Crippen LogP contribution in [0.2, 0.25) is 0 Å². The lowest BCUT2D eigenvalue weighted by Gasteiger charge is -2.22. The van der Waals surface area contributed by atoms with Gasteiger partial charge in [0.05, 0.1) is 17.1 Å². The molecule has 1 heterocycles. The fourth-order valence-corrected chi connectivity index (χ4v) is 4.99. The van der Waals surface area contributed by atoms with Crippen LogP contribution in [0.15, 0.2) is 70.9 Å². The average molecular weight is 427 g/mol. The van der Waals surface area contributed by atoms with E-state index in [1.165, 1.54) is 12.1 Å². The molecule has 150 valence electrons. The van der Waals surface area contributed by atoms with Crippen LogP contribution < -0.4 is 4.72 Å². The van der Waals surface area contributed by atoms with Crippen LogP contribution in [0.25, 0.3) is 0 Å². The molecule has 1 fully saturated rings. The maximum Gasteiger partial charge on any atom is 0.261 e. The number of anilines is 1. The Morgan fingerprint density at radius 2 is 1.79 bits per heavy atom. The molecule has 1 saturated carbocycles. The van der Waals surface area contributed by atoms with Gasteiger partial charge in [0.2, 0.25) is 0 Å². The van der Waals surface area contributed by atoms with E-state index in [1.807, 2.05) is 41.5 Å². The van der Waals surface area contributed by atoms with Crippen LogP contribution in [0.1, 0.15) is 33.6 Å². The zero-order chi connectivity index (χ0) is 20.4. The van der Waals surface area contributed by atoms with Crippen LogP contribution in [0.5, 0.6) is 0 Å². The van der Waals surface area contributed by atoms with Gasteiger partial charge in [0.1, 0.15) is 0 Å². The minimum absolute atomic E-state index is 0.0586. The van der Waals surface area contributed by atoms with Crippen LogP contribution in [0.4, 0.5) is 5.69 Å². The Balaban J connectivity index is 1.52. The molecule has 0 atom stereocenters. The van der Waals surface area contributed by atoms with E-state index in [0.717, 1.165) is 23.3 Å². The number of benzene rings is 2. The van der Waals surface area contributed by atoms with E-state index in [9.17, 15) is 13.2 Å². The number of rotatable bonds is 7. The summed E-state index contributed by atoms with van der Waals surface area (Å²) < 4.78 is 28.0. The van der Waals surface area contributed by atoms with Crippen molar-refractivity contribution < 1.29 is 13.2 Å². The van der Waals surface area contributed by atoms with Crippen molar-refractivity contribution in [3.63, 3.8) is 0 Å². The lowest BCUT2D eigenvalue weighted by atomic mass is 10.2. The van der Waals surface area contributed by atoms with Gasteiger partial charge in [-0.3, -0.25) is 9.52 Å². The van der Waals surface area contributed by atoms with Gasteiger partial charge in [-0.05, 0) is 67.1 Å². The van der Waals surface area contributed by atoms with Gasteiger partial charge >= 0.3 is 0 Å². The van der Waals surface area contributed by atoms with Crippen molar-refractivity contribution >= 4 is 33.0 Å². The number of carbonyl (C=O) groups excluding carboxylic acids is 1. The molecule has 0 bridgehead atoms. The monoisotopic (exact) mass is 426 g/mol. The molecular weight excluding hydrogens is 404 g/mol. The predicted molar refractivity (Wildman–Crippen MR) is 116 cm³/mol. The van der Waals surface area contributed by atoms with Crippen molar-refractivity contribution in [3.8, 4) is 0 Å². The summed E-state index contributed by atoms with van der Waals surface area (Å²) in [5.74, 6) is -0.0586. The van der Waals surface area contributed by atoms with E-state index in [-0.39, 0.29) is 16.8 Å². The van der Waals surface area contributed by atoms with E-state index in [2.05, 4.69) is 4.72 Å². The largest absolute Gasteiger partial charge is 0.331 e. The fraction of sp³-hybridized carbons (Fsp3) is 0.227. The molecule has 1 aliphatic rings. The fourth-order valence-electron chi connectivity index (χ4n) is 3.16. The quantitative estimate of drug-likeness (QED) is 0.597. The van der Waals surface area contributed by atoms with Crippen LogP contribution in [-0.2, 0) is 16.6 Å². The molecule has 1 amide bonds. The van der Waals surface area contributed by atoms with Gasteiger partial charge in [-0.25, -0.2) is 8.42 Å². The first-order valence-corrected chi connectivity index (χ1v) is 11.8. The molecule has 0 radical (unpaired) electrons. The number of hydrogen-bond donors (Lipinski definition) is 1. The highest BCUT2D eigenvalue weighted by molar-refractivity contribution is 7.92. The summed E-state index contributed by atoms with van der Waals surface area (Å²) in [5, 5.41) is 2.01. The number of thiophene rings is 1. The van der Waals surface area contributed by atoms with Crippen LogP contribution in [0, 0.1) is 6.92 Å². The SMILES string of the molecule is Cc1ccccc1NS(=O)(=O)c1ccc(C(=O)N(Cc2cccs2)C2CC2)cc1. The van der Waals surface area contributed by atoms with Gasteiger partial charge in [0.25, 0.3) is 15.9 Å². The van der Waals surface area contributed by atoms with Gasteiger partial charge in [-0.2, -0.15) is 0 Å². The maximum absolute atomic E-state index is 13.0. The predicted octanol–water partition coefficient (Wildman–Crippen LogP) is 4.66. The third-order valence-electron chi connectivity index (χ3n) is 4.96. The van der Waals surface area contributed by atoms with E-state index >= 15 is 0 Å². The Hall–Kier alpha value is -2.64. The minimum Gasteiger partial charge on any atom is -0.331 e. The highest BCUT2D eigenvalue weighted by Gasteiger charge is 2.33. The zero-order valence-electron chi connectivity index (χ0n) is 16.0. The number of aryl methyl sites for hydroxylation is 1. The lowest BCUT2D eigenvalue weighted by molar-refractivity contribution is 0.0731. The average Bonchev–Trinajstić information content (AvgIpc) is 3.43. The molecule has 5 nitrogen and oxygen atoms in total. The van der Waals surface area contributed by atoms with Crippen molar-refractivity contribution in [3.05, 3.63) is 82.0 Å². The van der Waals surface area contributed by atoms with Crippen molar-refractivity contribution in [2.75, 3.05) is 4.72 Å². The van der Waals surface area contributed by atoms with Crippen molar-refractivity contribution in [2.24, 2.45) is 0 Å². The van der Waals surface area contributed by atoms with Gasteiger partial charge in [-0.1, -0.05) is 24.3 Å². The molecule has 0 unspecified atom stereocenters. The molecule has 7 heteroatoms. The summed E-state index contributed by atoms with van der Waals surface area (Å²) >= 11 is 1.64. The molecule has 0 saturated heterocycles. The Morgan fingerprint density at radius 1 is 1.07 bits per heavy atom. The summed E-state index contributed by atoms with van der Waals surface area (Å²) in [4.78, 5) is 16.2. The third-order valence-corrected chi connectivity index (χ3v) is 7.20. The van der Waals surface area contributed by atoms with Gasteiger partial charge in [0.15, 0.2) is 0 Å². The molecular formula is C22H22N2O3S2. The second-order valence-electron chi connectivity index (χ2n) is 7.19. The first-order valence-electron chi connectivity index (χ1n) is 9.46. The number of para-hydroxylation sites is 1. The topological polar surface area (TPSA) is 66.5 Å². The van der Waals surface area contributed by atoms with Crippen molar-refractivity contribution in [2.45, 2.75) is 37.2 Å². The first-order chi connectivity index (χ1) is 13.9. The summed E-state index contributed by atoms with van der Waals surface area (Å²) in [6, 6.07) is 17.7. The molecule has 29 heavy (non-hydrogen) atoms. The van der Waals surface area contributed by atoms with Crippen molar-refractivity contribution in [1.82, 2.24) is 4.90 Å². The Labute approximate surface area is 175 Å². The number of sulfonamides is 1. The van der Waals surface area contributed by atoms with Crippen LogP contribution >= 0.6 is 11.3 Å². The molecule has 0 aliphatic heterocycles. The standard InChI is InChI=1S/C22H22N2O3S2/c1-16-5-2-3-7-21(16)23-29(26,27)20-12-8-17(9-13-20)22(25)24(18-10-11-18)15-19-6-4-14-28-19/h2-9,12-14,18,23H,10-11,15H2,1H3. The number of nitrogens with zero attached hydrogens (tertiary/aromatic N) is 1. The summed E-state index contributed by atoms with van der Waals surface area (Å²) in [7, 11) is -3.72. The van der Waals surface area contributed by atoms with Crippen LogP contribution in [0.3, 0.4) is 0 Å². The highest BCUT2D eigenvalue weighted by Crippen LogP contribution is 2.31. The molecule has 3 aromatic rings. The molecule has 0 spiro atoms. The summed E-state index contributed by atoms with van der Waals surface area (Å²) in [6.45, 7) is 2.44.